The third-order valence-electron chi connectivity index (χ3n) is 3.61. The summed E-state index contributed by atoms with van der Waals surface area (Å²) in [7, 11) is 3.17. The maximum absolute atomic E-state index is 5.94. The minimum atomic E-state index is 0.161. The summed E-state index contributed by atoms with van der Waals surface area (Å²) in [5.41, 5.74) is 1.64. The fourth-order valence-electron chi connectivity index (χ4n) is 2.32. The van der Waals surface area contributed by atoms with Crippen molar-refractivity contribution >= 4 is 11.6 Å². The summed E-state index contributed by atoms with van der Waals surface area (Å²) in [6.45, 7) is 2.08. The summed E-state index contributed by atoms with van der Waals surface area (Å²) in [5.74, 6) is 2.78. The largest absolute Gasteiger partial charge is 0.497 e. The molecule has 6 nitrogen and oxygen atoms in total. The molecule has 2 aromatic carbocycles. The number of nitrogens with zero attached hydrogens (tertiary/aromatic N) is 2. The lowest BCUT2D eigenvalue weighted by Crippen LogP contribution is -1.97. The second-order valence-electron chi connectivity index (χ2n) is 5.28. The molecule has 1 heterocycles. The number of hydrogen-bond donors (Lipinski definition) is 0. The first-order valence-electron chi connectivity index (χ1n) is 7.54. The van der Waals surface area contributed by atoms with Gasteiger partial charge in [-0.05, 0) is 42.8 Å². The van der Waals surface area contributed by atoms with Crippen molar-refractivity contribution in [1.82, 2.24) is 10.1 Å². The summed E-state index contributed by atoms with van der Waals surface area (Å²) in [6.07, 6.45) is 0. The van der Waals surface area contributed by atoms with E-state index >= 15 is 0 Å². The zero-order valence-electron chi connectivity index (χ0n) is 14.1. The molecule has 0 amide bonds. The maximum atomic E-state index is 5.94. The van der Waals surface area contributed by atoms with Crippen LogP contribution in [0.4, 0.5) is 0 Å². The minimum Gasteiger partial charge on any atom is -0.497 e. The summed E-state index contributed by atoms with van der Waals surface area (Å²) in [6, 6.07) is 10.8. The van der Waals surface area contributed by atoms with Gasteiger partial charge in [0, 0.05) is 11.1 Å². The molecule has 0 spiro atoms. The van der Waals surface area contributed by atoms with Crippen LogP contribution < -0.4 is 14.2 Å². The standard InChI is InChI=1S/C18H17ClN2O4/c1-11-8-12(19)4-7-15(11)24-10-17-20-18(21-25-17)14-6-5-13(22-2)9-16(14)23-3/h4-9H,10H2,1-3H3. The minimum absolute atomic E-state index is 0.161. The number of rotatable bonds is 6. The van der Waals surface area contributed by atoms with Gasteiger partial charge in [0.25, 0.3) is 5.89 Å². The van der Waals surface area contributed by atoms with Crippen molar-refractivity contribution < 1.29 is 18.7 Å². The van der Waals surface area contributed by atoms with Crippen LogP contribution >= 0.6 is 11.6 Å². The van der Waals surface area contributed by atoms with Gasteiger partial charge in [-0.1, -0.05) is 16.8 Å². The van der Waals surface area contributed by atoms with E-state index in [0.29, 0.717) is 39.5 Å². The van der Waals surface area contributed by atoms with Gasteiger partial charge in [-0.15, -0.1) is 0 Å². The zero-order chi connectivity index (χ0) is 17.8. The molecule has 3 rings (SSSR count). The van der Waals surface area contributed by atoms with Gasteiger partial charge < -0.3 is 18.7 Å². The van der Waals surface area contributed by atoms with Gasteiger partial charge in [-0.3, -0.25) is 0 Å². The van der Waals surface area contributed by atoms with Crippen LogP contribution in [0.3, 0.4) is 0 Å². The summed E-state index contributed by atoms with van der Waals surface area (Å²) in [4.78, 5) is 4.36. The van der Waals surface area contributed by atoms with E-state index in [0.717, 1.165) is 5.56 Å². The Balaban J connectivity index is 1.76. The molecule has 0 fully saturated rings. The number of aromatic nitrogens is 2. The number of methoxy groups -OCH3 is 2. The molecule has 7 heteroatoms. The van der Waals surface area contributed by atoms with Crippen LogP contribution in [-0.2, 0) is 6.61 Å². The molecule has 0 aliphatic carbocycles. The first-order chi connectivity index (χ1) is 12.1. The molecule has 0 unspecified atom stereocenters. The predicted octanol–water partition coefficient (Wildman–Crippen LogP) is 4.29. The fraction of sp³-hybridized carbons (Fsp3) is 0.222. The molecule has 130 valence electrons. The second-order valence-corrected chi connectivity index (χ2v) is 5.71. The predicted molar refractivity (Wildman–Crippen MR) is 93.4 cm³/mol. The van der Waals surface area contributed by atoms with Crippen LogP contribution in [0.1, 0.15) is 11.5 Å². The highest BCUT2D eigenvalue weighted by atomic mass is 35.5. The van der Waals surface area contributed by atoms with E-state index in [1.807, 2.05) is 25.1 Å². The molecular formula is C18H17ClN2O4. The lowest BCUT2D eigenvalue weighted by molar-refractivity contribution is 0.242. The van der Waals surface area contributed by atoms with Crippen LogP contribution in [0.15, 0.2) is 40.9 Å². The number of ether oxygens (including phenoxy) is 3. The van der Waals surface area contributed by atoms with Crippen molar-refractivity contribution in [2.75, 3.05) is 14.2 Å². The average molecular weight is 361 g/mol. The average Bonchev–Trinajstić information content (AvgIpc) is 3.09. The van der Waals surface area contributed by atoms with Crippen molar-refractivity contribution in [1.29, 1.82) is 0 Å². The molecule has 0 atom stereocenters. The van der Waals surface area contributed by atoms with Gasteiger partial charge >= 0.3 is 0 Å². The Kier molecular flexibility index (Phi) is 5.09. The third-order valence-corrected chi connectivity index (χ3v) is 3.84. The number of benzene rings is 2. The highest BCUT2D eigenvalue weighted by Crippen LogP contribution is 2.31. The highest BCUT2D eigenvalue weighted by Gasteiger charge is 2.15. The number of halogens is 1. The molecule has 25 heavy (non-hydrogen) atoms. The number of aryl methyl sites for hydroxylation is 1. The Bertz CT molecular complexity index is 879. The van der Waals surface area contributed by atoms with Crippen molar-refractivity contribution in [2.45, 2.75) is 13.5 Å². The van der Waals surface area contributed by atoms with E-state index in [1.165, 1.54) is 0 Å². The Morgan fingerprint density at radius 1 is 1.04 bits per heavy atom. The molecule has 0 bridgehead atoms. The second kappa shape index (κ2) is 7.44. The molecule has 3 aromatic rings. The molecule has 0 N–H and O–H groups in total. The molecule has 0 aliphatic heterocycles. The van der Waals surface area contributed by atoms with Crippen molar-refractivity contribution in [3.8, 4) is 28.6 Å². The fourth-order valence-corrected chi connectivity index (χ4v) is 2.55. The maximum Gasteiger partial charge on any atom is 0.264 e. The van der Waals surface area contributed by atoms with Crippen molar-refractivity contribution in [3.05, 3.63) is 52.9 Å². The van der Waals surface area contributed by atoms with E-state index in [9.17, 15) is 0 Å². The molecule has 0 radical (unpaired) electrons. The normalized spacial score (nSPS) is 10.6. The third kappa shape index (κ3) is 3.85. The summed E-state index contributed by atoms with van der Waals surface area (Å²) >= 11 is 5.94. The van der Waals surface area contributed by atoms with E-state index in [-0.39, 0.29) is 6.61 Å². The first-order valence-corrected chi connectivity index (χ1v) is 7.92. The van der Waals surface area contributed by atoms with Crippen LogP contribution in [0.5, 0.6) is 17.2 Å². The Morgan fingerprint density at radius 2 is 1.88 bits per heavy atom. The molecule has 0 saturated heterocycles. The molecular weight excluding hydrogens is 344 g/mol. The van der Waals surface area contributed by atoms with Gasteiger partial charge in [0.05, 0.1) is 19.8 Å². The van der Waals surface area contributed by atoms with Crippen molar-refractivity contribution in [2.24, 2.45) is 0 Å². The topological polar surface area (TPSA) is 66.6 Å². The van der Waals surface area contributed by atoms with Crippen LogP contribution in [0.2, 0.25) is 5.02 Å². The van der Waals surface area contributed by atoms with Gasteiger partial charge in [-0.25, -0.2) is 0 Å². The Morgan fingerprint density at radius 3 is 2.60 bits per heavy atom. The van der Waals surface area contributed by atoms with Crippen LogP contribution in [0.25, 0.3) is 11.4 Å². The molecule has 1 aromatic heterocycles. The van der Waals surface area contributed by atoms with Gasteiger partial charge in [-0.2, -0.15) is 4.98 Å². The number of hydrogen-bond acceptors (Lipinski definition) is 6. The lowest BCUT2D eigenvalue weighted by Gasteiger charge is -2.07. The van der Waals surface area contributed by atoms with Gasteiger partial charge in [0.15, 0.2) is 6.61 Å². The summed E-state index contributed by atoms with van der Waals surface area (Å²) < 4.78 is 21.5. The first kappa shape index (κ1) is 17.1. The Hall–Kier alpha value is -2.73. The zero-order valence-corrected chi connectivity index (χ0v) is 14.8. The van der Waals surface area contributed by atoms with E-state index in [1.54, 1.807) is 32.4 Å². The van der Waals surface area contributed by atoms with E-state index < -0.39 is 0 Å². The van der Waals surface area contributed by atoms with Crippen LogP contribution in [0, 0.1) is 6.92 Å². The SMILES string of the molecule is COc1ccc(-c2noc(COc3ccc(Cl)cc3C)n2)c(OC)c1. The van der Waals surface area contributed by atoms with E-state index in [2.05, 4.69) is 10.1 Å². The monoisotopic (exact) mass is 360 g/mol. The molecule has 0 aliphatic rings. The van der Waals surface area contributed by atoms with Gasteiger partial charge in [0.1, 0.15) is 17.2 Å². The summed E-state index contributed by atoms with van der Waals surface area (Å²) in [5, 5.41) is 4.65. The highest BCUT2D eigenvalue weighted by molar-refractivity contribution is 6.30. The van der Waals surface area contributed by atoms with Crippen LogP contribution in [-0.4, -0.2) is 24.4 Å². The van der Waals surface area contributed by atoms with E-state index in [4.69, 9.17) is 30.3 Å². The lowest BCUT2D eigenvalue weighted by atomic mass is 10.2. The quantitative estimate of drug-likeness (QED) is 0.653. The van der Waals surface area contributed by atoms with Crippen molar-refractivity contribution in [3.63, 3.8) is 0 Å². The Labute approximate surface area is 150 Å². The smallest absolute Gasteiger partial charge is 0.264 e. The van der Waals surface area contributed by atoms with Gasteiger partial charge in [0.2, 0.25) is 5.82 Å². The molecule has 0 saturated carbocycles.